The number of piperazine rings is 1. The molecule has 4 aromatic carbocycles. The first-order chi connectivity index (χ1) is 38.5. The van der Waals surface area contributed by atoms with Gasteiger partial charge in [0.15, 0.2) is 5.82 Å². The maximum absolute atomic E-state index is 17.1. The van der Waals surface area contributed by atoms with Gasteiger partial charge in [-0.15, -0.1) is 11.3 Å². The molecular formula is C58H66ClFN10O9S. The van der Waals surface area contributed by atoms with Crippen LogP contribution in [0.3, 0.4) is 0 Å². The molecule has 0 spiro atoms. The number of anilines is 2. The predicted octanol–water partition coefficient (Wildman–Crippen LogP) is 8.11. The third kappa shape index (κ3) is 12.8. The van der Waals surface area contributed by atoms with Crippen molar-refractivity contribution in [3.8, 4) is 33.1 Å². The number of carbonyl (C=O) groups excluding carboxylic acids is 4. The molecule has 0 saturated carbocycles. The Hall–Kier alpha value is -7.46. The van der Waals surface area contributed by atoms with Crippen LogP contribution in [0, 0.1) is 25.6 Å². The number of carbonyl (C=O) groups is 4. The van der Waals surface area contributed by atoms with Crippen LogP contribution in [-0.2, 0) is 30.5 Å². The molecule has 9 rings (SSSR count). The van der Waals surface area contributed by atoms with Crippen molar-refractivity contribution in [2.75, 3.05) is 82.9 Å². The summed E-state index contributed by atoms with van der Waals surface area (Å²) in [5.74, 6) is -0.962. The van der Waals surface area contributed by atoms with E-state index < -0.39 is 29.8 Å². The summed E-state index contributed by atoms with van der Waals surface area (Å²) >= 11 is 8.42. The number of aliphatic hydroxyl groups excluding tert-OH is 1. The maximum Gasteiger partial charge on any atom is 0.243 e. The van der Waals surface area contributed by atoms with Crippen LogP contribution in [-0.4, -0.2) is 153 Å². The van der Waals surface area contributed by atoms with Gasteiger partial charge >= 0.3 is 0 Å². The zero-order chi connectivity index (χ0) is 56.8. The Morgan fingerprint density at radius 3 is 2.50 bits per heavy atom. The summed E-state index contributed by atoms with van der Waals surface area (Å²) in [4.78, 5) is 75.4. The van der Waals surface area contributed by atoms with Crippen LogP contribution < -0.4 is 20.3 Å². The molecule has 3 aromatic heterocycles. The molecule has 19 nitrogen and oxygen atoms in total. The fourth-order valence-corrected chi connectivity index (χ4v) is 11.5. The van der Waals surface area contributed by atoms with Crippen LogP contribution in [0.5, 0.6) is 11.5 Å². The van der Waals surface area contributed by atoms with Gasteiger partial charge in [-0.1, -0.05) is 73.9 Å². The molecule has 0 bridgehead atoms. The second-order valence-corrected chi connectivity index (χ2v) is 21.8. The maximum atomic E-state index is 17.1. The van der Waals surface area contributed by atoms with E-state index in [-0.39, 0.29) is 110 Å². The van der Waals surface area contributed by atoms with Crippen LogP contribution in [0.2, 0.25) is 5.02 Å². The number of nitrogens with zero attached hydrogens (tertiary/aromatic N) is 8. The van der Waals surface area contributed by atoms with Crippen LogP contribution in [0.4, 0.5) is 16.2 Å². The summed E-state index contributed by atoms with van der Waals surface area (Å²) in [6.07, 6.45) is -0.335. The molecule has 1 unspecified atom stereocenters. The first-order valence-electron chi connectivity index (χ1n) is 26.8. The minimum atomic E-state index is -0.897. The average Bonchev–Trinajstić information content (AvgIpc) is 4.32. The number of likely N-dealkylation sites (N-methyl/N-ethyl adjacent to an activating group) is 1. The number of phenols is 1. The van der Waals surface area contributed by atoms with E-state index >= 15 is 4.39 Å². The number of benzene rings is 4. The smallest absolute Gasteiger partial charge is 0.243 e. The van der Waals surface area contributed by atoms with E-state index in [1.165, 1.54) is 22.3 Å². The van der Waals surface area contributed by atoms with Gasteiger partial charge in [-0.2, -0.15) is 4.98 Å². The van der Waals surface area contributed by atoms with Gasteiger partial charge in [0.25, 0.3) is 0 Å². The molecule has 5 heterocycles. The monoisotopic (exact) mass is 1130 g/mol. The van der Waals surface area contributed by atoms with Gasteiger partial charge in [-0.3, -0.25) is 19.2 Å². The van der Waals surface area contributed by atoms with Crippen molar-refractivity contribution in [1.82, 2.24) is 40.1 Å². The normalized spacial score (nSPS) is 15.9. The second-order valence-electron chi connectivity index (χ2n) is 20.5. The minimum Gasteiger partial charge on any atom is -0.508 e. The van der Waals surface area contributed by atoms with E-state index in [0.717, 1.165) is 16.1 Å². The number of β-amino-alcohol motifs (C(OH)–C–C–N with tert-alkyl or cyclic N) is 1. The molecular weight excluding hydrogens is 1070 g/mol. The number of fused-ring (bicyclic) bond motifs is 2. The number of nitrogens with one attached hydrogen (secondary N) is 2. The summed E-state index contributed by atoms with van der Waals surface area (Å²) in [6, 6.07) is 18.6. The molecule has 2 aliphatic heterocycles. The number of ether oxygens (including phenoxy) is 2. The zero-order valence-electron chi connectivity index (χ0n) is 45.6. The minimum absolute atomic E-state index is 0.00378. The number of aryl methyl sites for hydroxylation is 2. The van der Waals surface area contributed by atoms with Crippen LogP contribution >= 0.6 is 22.9 Å². The second kappa shape index (κ2) is 25.3. The van der Waals surface area contributed by atoms with Gasteiger partial charge in [0.05, 0.1) is 46.1 Å². The quantitative estimate of drug-likeness (QED) is 0.0498. The van der Waals surface area contributed by atoms with E-state index in [2.05, 4.69) is 25.8 Å². The number of hydrogen-bond acceptors (Lipinski definition) is 16. The summed E-state index contributed by atoms with van der Waals surface area (Å²) in [5, 5.41) is 33.3. The summed E-state index contributed by atoms with van der Waals surface area (Å²) < 4.78 is 34.8. The van der Waals surface area contributed by atoms with E-state index in [1.54, 1.807) is 47.5 Å². The molecule has 2 aliphatic rings. The molecule has 3 atom stereocenters. The summed E-state index contributed by atoms with van der Waals surface area (Å²) in [5.41, 5.74) is 5.34. The summed E-state index contributed by atoms with van der Waals surface area (Å²) in [6.45, 7) is 12.2. The standard InChI is InChI=1S/C58H66ClFN10O9S/c1-7-48(73)68-16-18-69(19-17-68)55-43-29-44(59)51(42-27-39(71)25-36-10-8-9-11-41(36)42)52(60)53(43)64-58(65-55)61-15-14-49(74)67(6)20-21-77-22-23-78-46-26-37(54-35(5)63-32-80-54)12-13-38(46)30-62-56(75)45-28-40(72)31-70(45)57(76)50(33(2)3)47-24-34(4)66-79-47/h8-13,24-27,29,32-33,40,45,50,71-72H,7,14-23,28,30-31H2,1-6H3,(H,62,75)(H,61,64,65)/t40-,45+,50?/m1/s1. The number of amides is 4. The highest BCUT2D eigenvalue weighted by Gasteiger charge is 2.43. The number of hydrogen-bond donors (Lipinski definition) is 4. The SMILES string of the molecule is CCC(=O)N1CCN(c2nc(NCCC(=O)N(C)CCOCCOc3cc(-c4scnc4C)ccc3CNC(=O)[C@@H]3C[C@@H](O)CN3C(=O)C(c3cc(C)no3)C(C)C)nc3c(F)c(-c4cc(O)cc5ccccc45)c(Cl)cc23)CC1. The molecule has 80 heavy (non-hydrogen) atoms. The highest BCUT2D eigenvalue weighted by atomic mass is 35.5. The van der Waals surface area contributed by atoms with E-state index in [4.69, 9.17) is 30.6 Å². The lowest BCUT2D eigenvalue weighted by molar-refractivity contribution is -0.141. The number of aliphatic hydroxyl groups is 1. The van der Waals surface area contributed by atoms with Crippen molar-refractivity contribution >= 4 is 80.0 Å². The summed E-state index contributed by atoms with van der Waals surface area (Å²) in [7, 11) is 1.68. The van der Waals surface area contributed by atoms with E-state index in [0.29, 0.717) is 82.9 Å². The molecule has 4 N–H and O–H groups in total. The lowest BCUT2D eigenvalue weighted by Gasteiger charge is -2.36. The zero-order valence-corrected chi connectivity index (χ0v) is 47.2. The fraction of sp³-hybridized carbons (Fsp3) is 0.414. The first-order valence-corrected chi connectivity index (χ1v) is 28.1. The van der Waals surface area contributed by atoms with Gasteiger partial charge < -0.3 is 54.4 Å². The average molecular weight is 1130 g/mol. The largest absolute Gasteiger partial charge is 0.508 e. The van der Waals surface area contributed by atoms with Gasteiger partial charge in [0.1, 0.15) is 47.2 Å². The number of likely N-dealkylation sites (tertiary alicyclic amines) is 1. The van der Waals surface area contributed by atoms with Gasteiger partial charge in [-0.25, -0.2) is 14.4 Å². The highest BCUT2D eigenvalue weighted by molar-refractivity contribution is 7.13. The molecule has 422 valence electrons. The Labute approximate surface area is 472 Å². The molecule has 0 radical (unpaired) electrons. The Morgan fingerprint density at radius 2 is 1.77 bits per heavy atom. The number of halogens is 2. The topological polar surface area (TPSA) is 229 Å². The lowest BCUT2D eigenvalue weighted by Crippen LogP contribution is -2.49. The van der Waals surface area contributed by atoms with Crippen LogP contribution in [0.1, 0.15) is 68.7 Å². The van der Waals surface area contributed by atoms with Crippen LogP contribution in [0.25, 0.3) is 43.2 Å². The van der Waals surface area contributed by atoms with Crippen LogP contribution in [0.15, 0.2) is 76.8 Å². The van der Waals surface area contributed by atoms with Crippen molar-refractivity contribution < 1.29 is 47.8 Å². The lowest BCUT2D eigenvalue weighted by atomic mass is 9.91. The molecule has 2 fully saturated rings. The van der Waals surface area contributed by atoms with E-state index in [9.17, 15) is 29.4 Å². The highest BCUT2D eigenvalue weighted by Crippen LogP contribution is 2.43. The van der Waals surface area contributed by atoms with Gasteiger partial charge in [0, 0.05) is 101 Å². The number of thiazole rings is 1. The third-order valence-electron chi connectivity index (χ3n) is 14.6. The van der Waals surface area contributed by atoms with Crippen molar-refractivity contribution in [3.05, 3.63) is 106 Å². The van der Waals surface area contributed by atoms with Gasteiger partial charge in [0.2, 0.25) is 29.6 Å². The first kappa shape index (κ1) is 57.2. The fourth-order valence-electron chi connectivity index (χ4n) is 10.4. The van der Waals surface area contributed by atoms with Gasteiger partial charge in [-0.05, 0) is 65.9 Å². The van der Waals surface area contributed by atoms with E-state index in [1.807, 2.05) is 75.1 Å². The van der Waals surface area contributed by atoms with Crippen molar-refractivity contribution in [2.24, 2.45) is 5.92 Å². The molecule has 0 aliphatic carbocycles. The number of phenolic OH excluding ortho intramolecular Hbond substituents is 1. The number of rotatable bonds is 21. The Balaban J connectivity index is 0.811. The molecule has 7 aromatic rings. The third-order valence-corrected chi connectivity index (χ3v) is 15.9. The number of aromatic nitrogens is 4. The number of aromatic hydroxyl groups is 1. The molecule has 2 saturated heterocycles. The van der Waals surface area contributed by atoms with Crippen molar-refractivity contribution in [2.45, 2.75) is 78.5 Å². The Bertz CT molecular complexity index is 3400. The Kier molecular flexibility index (Phi) is 18.1. The van der Waals surface area contributed by atoms with Crippen molar-refractivity contribution in [1.29, 1.82) is 0 Å². The molecule has 22 heteroatoms. The predicted molar refractivity (Wildman–Crippen MR) is 304 cm³/mol. The molecule has 4 amide bonds. The Morgan fingerprint density at radius 1 is 0.988 bits per heavy atom. The van der Waals surface area contributed by atoms with Crippen molar-refractivity contribution in [3.63, 3.8) is 0 Å².